The maximum absolute atomic E-state index is 12.6. The highest BCUT2D eigenvalue weighted by atomic mass is 16.1. The van der Waals surface area contributed by atoms with E-state index in [1.54, 1.807) is 0 Å². The van der Waals surface area contributed by atoms with Gasteiger partial charge in [-0.25, -0.2) is 0 Å². The van der Waals surface area contributed by atoms with Crippen LogP contribution in [-0.2, 0) is 6.54 Å². The normalized spacial score (nSPS) is 14.7. The van der Waals surface area contributed by atoms with Crippen LogP contribution < -0.4 is 5.32 Å². The molecule has 25 heavy (non-hydrogen) atoms. The van der Waals surface area contributed by atoms with E-state index < -0.39 is 0 Å². The van der Waals surface area contributed by atoms with Crippen molar-refractivity contribution in [2.24, 2.45) is 0 Å². The smallest absolute Gasteiger partial charge is 0.255 e. The monoisotopic (exact) mass is 330 g/mol. The molecule has 4 rings (SSSR count). The van der Waals surface area contributed by atoms with Crippen molar-refractivity contribution in [3.8, 4) is 0 Å². The largest absolute Gasteiger partial charge is 0.321 e. The molecule has 1 amide bonds. The molecule has 1 fully saturated rings. The number of anilines is 1. The van der Waals surface area contributed by atoms with Gasteiger partial charge in [-0.2, -0.15) is 0 Å². The van der Waals surface area contributed by atoms with E-state index in [4.69, 9.17) is 0 Å². The summed E-state index contributed by atoms with van der Waals surface area (Å²) in [5, 5.41) is 5.23. The molecular formula is C22H22N2O. The minimum atomic E-state index is -0.0657. The summed E-state index contributed by atoms with van der Waals surface area (Å²) in [7, 11) is 0. The van der Waals surface area contributed by atoms with E-state index in [1.807, 2.05) is 42.5 Å². The summed E-state index contributed by atoms with van der Waals surface area (Å²) in [6.45, 7) is 3.35. The number of rotatable bonds is 4. The minimum Gasteiger partial charge on any atom is -0.321 e. The molecule has 0 saturated carbocycles. The Balaban J connectivity index is 1.48. The van der Waals surface area contributed by atoms with E-state index in [0.717, 1.165) is 23.0 Å². The first kappa shape index (κ1) is 15.9. The van der Waals surface area contributed by atoms with Gasteiger partial charge in [0.2, 0.25) is 0 Å². The lowest BCUT2D eigenvalue weighted by atomic mass is 10.1. The Morgan fingerprint density at radius 2 is 1.60 bits per heavy atom. The molecule has 1 N–H and O–H groups in total. The molecule has 1 heterocycles. The average molecular weight is 330 g/mol. The number of likely N-dealkylation sites (tertiary alicyclic amines) is 1. The molecule has 1 aliphatic heterocycles. The van der Waals surface area contributed by atoms with Crippen molar-refractivity contribution in [1.82, 2.24) is 4.90 Å². The summed E-state index contributed by atoms with van der Waals surface area (Å²) in [6, 6.07) is 22.0. The van der Waals surface area contributed by atoms with Crippen molar-refractivity contribution < 1.29 is 4.79 Å². The van der Waals surface area contributed by atoms with Gasteiger partial charge in [0.15, 0.2) is 0 Å². The van der Waals surface area contributed by atoms with Crippen LogP contribution in [0.1, 0.15) is 28.8 Å². The van der Waals surface area contributed by atoms with Gasteiger partial charge in [0.1, 0.15) is 0 Å². The summed E-state index contributed by atoms with van der Waals surface area (Å²) >= 11 is 0. The summed E-state index contributed by atoms with van der Waals surface area (Å²) in [4.78, 5) is 15.1. The van der Waals surface area contributed by atoms with Crippen LogP contribution in [0.15, 0.2) is 66.7 Å². The lowest BCUT2D eigenvalue weighted by molar-refractivity contribution is 0.102. The molecular weight excluding hydrogens is 308 g/mol. The second kappa shape index (κ2) is 7.08. The quantitative estimate of drug-likeness (QED) is 0.753. The lowest BCUT2D eigenvalue weighted by Gasteiger charge is -2.14. The second-order valence-electron chi connectivity index (χ2n) is 6.66. The molecule has 3 aromatic rings. The van der Waals surface area contributed by atoms with Crippen LogP contribution >= 0.6 is 0 Å². The Bertz CT molecular complexity index is 875. The van der Waals surface area contributed by atoms with Gasteiger partial charge in [-0.05, 0) is 55.1 Å². The maximum atomic E-state index is 12.6. The first-order valence-corrected chi connectivity index (χ1v) is 8.90. The molecule has 0 unspecified atom stereocenters. The van der Waals surface area contributed by atoms with Crippen LogP contribution in [0.5, 0.6) is 0 Å². The first-order chi connectivity index (χ1) is 12.3. The van der Waals surface area contributed by atoms with Gasteiger partial charge in [-0.1, -0.05) is 48.5 Å². The van der Waals surface area contributed by atoms with Gasteiger partial charge in [-0.3, -0.25) is 9.69 Å². The molecule has 1 saturated heterocycles. The van der Waals surface area contributed by atoms with Crippen molar-refractivity contribution >= 4 is 22.4 Å². The summed E-state index contributed by atoms with van der Waals surface area (Å²) in [6.07, 6.45) is 2.59. The highest BCUT2D eigenvalue weighted by Crippen LogP contribution is 2.23. The molecule has 0 bridgehead atoms. The molecule has 3 heteroatoms. The number of carbonyl (C=O) groups excluding carboxylic acids is 1. The Morgan fingerprint density at radius 1 is 0.880 bits per heavy atom. The Hall–Kier alpha value is -2.65. The van der Waals surface area contributed by atoms with Crippen LogP contribution in [0, 0.1) is 0 Å². The number of amides is 1. The summed E-state index contributed by atoms with van der Waals surface area (Å²) in [5.41, 5.74) is 2.81. The predicted molar refractivity (Wildman–Crippen MR) is 103 cm³/mol. The molecule has 0 radical (unpaired) electrons. The van der Waals surface area contributed by atoms with Crippen LogP contribution in [-0.4, -0.2) is 23.9 Å². The van der Waals surface area contributed by atoms with E-state index >= 15 is 0 Å². The molecule has 126 valence electrons. The minimum absolute atomic E-state index is 0.0657. The zero-order valence-corrected chi connectivity index (χ0v) is 14.2. The molecule has 3 aromatic carbocycles. The SMILES string of the molecule is O=C(Nc1cccc2ccccc12)c1ccc(CN2CCCC2)cc1. The third kappa shape index (κ3) is 3.57. The van der Waals surface area contributed by atoms with Crippen LogP contribution in [0.3, 0.4) is 0 Å². The molecule has 0 aliphatic carbocycles. The van der Waals surface area contributed by atoms with Crippen molar-refractivity contribution in [3.05, 3.63) is 77.9 Å². The van der Waals surface area contributed by atoms with Gasteiger partial charge >= 0.3 is 0 Å². The highest BCUT2D eigenvalue weighted by molar-refractivity contribution is 6.09. The number of nitrogens with zero attached hydrogens (tertiary/aromatic N) is 1. The van der Waals surface area contributed by atoms with E-state index in [2.05, 4.69) is 34.5 Å². The number of benzene rings is 3. The van der Waals surface area contributed by atoms with E-state index in [-0.39, 0.29) is 5.91 Å². The van der Waals surface area contributed by atoms with E-state index in [0.29, 0.717) is 5.56 Å². The van der Waals surface area contributed by atoms with Gasteiger partial charge in [0.05, 0.1) is 0 Å². The number of nitrogens with one attached hydrogen (secondary N) is 1. The van der Waals surface area contributed by atoms with Gasteiger partial charge in [-0.15, -0.1) is 0 Å². The predicted octanol–water partition coefficient (Wildman–Crippen LogP) is 4.69. The van der Waals surface area contributed by atoms with Crippen molar-refractivity contribution in [2.45, 2.75) is 19.4 Å². The Morgan fingerprint density at radius 3 is 2.40 bits per heavy atom. The summed E-state index contributed by atoms with van der Waals surface area (Å²) in [5.74, 6) is -0.0657. The zero-order chi connectivity index (χ0) is 17.1. The lowest BCUT2D eigenvalue weighted by Crippen LogP contribution is -2.18. The van der Waals surface area contributed by atoms with E-state index in [9.17, 15) is 4.79 Å². The average Bonchev–Trinajstić information content (AvgIpc) is 3.16. The zero-order valence-electron chi connectivity index (χ0n) is 14.2. The standard InChI is InChI=1S/C22H22N2O/c25-22(23-21-9-5-7-18-6-1-2-8-20(18)21)19-12-10-17(11-13-19)16-24-14-3-4-15-24/h1-2,5-13H,3-4,14-16H2,(H,23,25). The molecule has 3 nitrogen and oxygen atoms in total. The third-order valence-electron chi connectivity index (χ3n) is 4.86. The number of fused-ring (bicyclic) bond motifs is 1. The van der Waals surface area contributed by atoms with Gasteiger partial charge < -0.3 is 5.32 Å². The number of hydrogen-bond donors (Lipinski definition) is 1. The molecule has 0 atom stereocenters. The van der Waals surface area contributed by atoms with Crippen LogP contribution in [0.25, 0.3) is 10.8 Å². The highest BCUT2D eigenvalue weighted by Gasteiger charge is 2.12. The molecule has 0 spiro atoms. The fourth-order valence-electron chi connectivity index (χ4n) is 3.49. The van der Waals surface area contributed by atoms with Crippen molar-refractivity contribution in [3.63, 3.8) is 0 Å². The third-order valence-corrected chi connectivity index (χ3v) is 4.86. The first-order valence-electron chi connectivity index (χ1n) is 8.90. The topological polar surface area (TPSA) is 32.3 Å². The maximum Gasteiger partial charge on any atom is 0.255 e. The Labute approximate surface area is 148 Å². The number of carbonyl (C=O) groups is 1. The van der Waals surface area contributed by atoms with Gasteiger partial charge in [0, 0.05) is 23.2 Å². The fraction of sp³-hybridized carbons (Fsp3) is 0.227. The molecule has 1 aliphatic rings. The Kier molecular flexibility index (Phi) is 4.49. The van der Waals surface area contributed by atoms with E-state index in [1.165, 1.54) is 31.5 Å². The number of hydrogen-bond acceptors (Lipinski definition) is 2. The summed E-state index contributed by atoms with van der Waals surface area (Å²) < 4.78 is 0. The van der Waals surface area contributed by atoms with Crippen molar-refractivity contribution in [1.29, 1.82) is 0 Å². The van der Waals surface area contributed by atoms with Crippen molar-refractivity contribution in [2.75, 3.05) is 18.4 Å². The fourth-order valence-corrected chi connectivity index (χ4v) is 3.49. The second-order valence-corrected chi connectivity index (χ2v) is 6.66. The molecule has 0 aromatic heterocycles. The van der Waals surface area contributed by atoms with Crippen LogP contribution in [0.4, 0.5) is 5.69 Å². The van der Waals surface area contributed by atoms with Gasteiger partial charge in [0.25, 0.3) is 5.91 Å². The van der Waals surface area contributed by atoms with Crippen LogP contribution in [0.2, 0.25) is 0 Å².